The van der Waals surface area contributed by atoms with Gasteiger partial charge in [0.25, 0.3) is 0 Å². The van der Waals surface area contributed by atoms with E-state index in [1.54, 1.807) is 7.05 Å². The van der Waals surface area contributed by atoms with Gasteiger partial charge in [0.15, 0.2) is 0 Å². The van der Waals surface area contributed by atoms with Gasteiger partial charge in [-0.2, -0.15) is 0 Å². The zero-order valence-electron chi connectivity index (χ0n) is 11.4. The number of nitrogens with zero attached hydrogens (tertiary/aromatic N) is 1. The van der Waals surface area contributed by atoms with Crippen LogP contribution in [-0.2, 0) is 10.0 Å². The summed E-state index contributed by atoms with van der Waals surface area (Å²) in [7, 11) is -1.34. The third-order valence-electron chi connectivity index (χ3n) is 3.37. The van der Waals surface area contributed by atoms with Crippen LogP contribution in [0.1, 0.15) is 33.6 Å². The molecule has 2 atom stereocenters. The first kappa shape index (κ1) is 14.9. The van der Waals surface area contributed by atoms with Crippen molar-refractivity contribution in [1.82, 2.24) is 9.62 Å². The van der Waals surface area contributed by atoms with Crippen molar-refractivity contribution in [1.29, 1.82) is 0 Å². The average Bonchev–Trinajstić information content (AvgIpc) is 2.89. The van der Waals surface area contributed by atoms with E-state index in [9.17, 15) is 8.42 Å². The minimum atomic E-state index is -3.04. The van der Waals surface area contributed by atoms with Gasteiger partial charge < -0.3 is 5.32 Å². The summed E-state index contributed by atoms with van der Waals surface area (Å²) in [4.78, 5) is 0. The molecule has 1 saturated carbocycles. The zero-order valence-corrected chi connectivity index (χ0v) is 12.3. The van der Waals surface area contributed by atoms with E-state index in [0.29, 0.717) is 30.8 Å². The molecular formula is C12H26N2O2S. The van der Waals surface area contributed by atoms with Crippen molar-refractivity contribution >= 4 is 10.0 Å². The molecule has 0 bridgehead atoms. The number of sulfonamides is 1. The van der Waals surface area contributed by atoms with Gasteiger partial charge in [-0.05, 0) is 31.2 Å². The Bertz CT molecular complexity index is 327. The van der Waals surface area contributed by atoms with Gasteiger partial charge in [-0.1, -0.05) is 20.8 Å². The number of rotatable bonds is 8. The Labute approximate surface area is 106 Å². The molecule has 0 radical (unpaired) electrons. The van der Waals surface area contributed by atoms with Gasteiger partial charge in [-0.25, -0.2) is 12.7 Å². The quantitative estimate of drug-likeness (QED) is 0.671. The molecule has 1 rings (SSSR count). The number of hydrogen-bond donors (Lipinski definition) is 1. The third-order valence-corrected chi connectivity index (χ3v) is 5.28. The highest BCUT2D eigenvalue weighted by Gasteiger charge is 2.35. The molecule has 17 heavy (non-hydrogen) atoms. The smallest absolute Gasteiger partial charge is 0.213 e. The Balaban J connectivity index is 2.24. The maximum atomic E-state index is 11.9. The van der Waals surface area contributed by atoms with Gasteiger partial charge >= 0.3 is 0 Å². The van der Waals surface area contributed by atoms with Crippen LogP contribution < -0.4 is 5.32 Å². The zero-order chi connectivity index (χ0) is 13.1. The lowest BCUT2D eigenvalue weighted by Crippen LogP contribution is -2.33. The van der Waals surface area contributed by atoms with E-state index in [2.05, 4.69) is 26.1 Å². The Morgan fingerprint density at radius 1 is 1.41 bits per heavy atom. The van der Waals surface area contributed by atoms with E-state index in [-0.39, 0.29) is 5.75 Å². The van der Waals surface area contributed by atoms with Crippen LogP contribution in [0.2, 0.25) is 0 Å². The van der Waals surface area contributed by atoms with Crippen LogP contribution in [0.5, 0.6) is 0 Å². The van der Waals surface area contributed by atoms with Gasteiger partial charge in [-0.3, -0.25) is 0 Å². The van der Waals surface area contributed by atoms with Crippen LogP contribution in [0.3, 0.4) is 0 Å². The highest BCUT2D eigenvalue weighted by molar-refractivity contribution is 7.89. The summed E-state index contributed by atoms with van der Waals surface area (Å²) >= 11 is 0. The van der Waals surface area contributed by atoms with Crippen molar-refractivity contribution in [2.45, 2.75) is 39.7 Å². The standard InChI is InChI=1S/C12H26N2O2S/c1-10(2)13-6-5-7-17(15,16)14(4)9-12-8-11(12)3/h10-13H,5-9H2,1-4H3. The Hall–Kier alpha value is -0.130. The van der Waals surface area contributed by atoms with E-state index >= 15 is 0 Å². The summed E-state index contributed by atoms with van der Waals surface area (Å²) < 4.78 is 25.4. The molecular weight excluding hydrogens is 236 g/mol. The van der Waals surface area contributed by atoms with Gasteiger partial charge in [0, 0.05) is 19.6 Å². The number of hydrogen-bond acceptors (Lipinski definition) is 3. The van der Waals surface area contributed by atoms with Crippen LogP contribution in [0, 0.1) is 11.8 Å². The molecule has 0 amide bonds. The Kier molecular flexibility index (Phi) is 5.41. The van der Waals surface area contributed by atoms with Gasteiger partial charge in [0.2, 0.25) is 10.0 Å². The Morgan fingerprint density at radius 2 is 2.00 bits per heavy atom. The van der Waals surface area contributed by atoms with Gasteiger partial charge in [0.05, 0.1) is 5.75 Å². The average molecular weight is 262 g/mol. The van der Waals surface area contributed by atoms with Crippen LogP contribution in [0.4, 0.5) is 0 Å². The van der Waals surface area contributed by atoms with Crippen molar-refractivity contribution < 1.29 is 8.42 Å². The third kappa shape index (κ3) is 5.36. The van der Waals surface area contributed by atoms with E-state index in [4.69, 9.17) is 0 Å². The molecule has 0 saturated heterocycles. The summed E-state index contributed by atoms with van der Waals surface area (Å²) in [5.41, 5.74) is 0. The second-order valence-electron chi connectivity index (χ2n) is 5.53. The van der Waals surface area contributed by atoms with Crippen molar-refractivity contribution in [3.8, 4) is 0 Å². The minimum absolute atomic E-state index is 0.254. The molecule has 0 aliphatic heterocycles. The lowest BCUT2D eigenvalue weighted by Gasteiger charge is -2.17. The van der Waals surface area contributed by atoms with Crippen molar-refractivity contribution in [2.24, 2.45) is 11.8 Å². The molecule has 4 nitrogen and oxygen atoms in total. The van der Waals surface area contributed by atoms with Crippen LogP contribution in [-0.4, -0.2) is 44.7 Å². The molecule has 0 aromatic rings. The summed E-state index contributed by atoms with van der Waals surface area (Å²) in [5.74, 6) is 1.54. The molecule has 102 valence electrons. The number of nitrogens with one attached hydrogen (secondary N) is 1. The predicted molar refractivity (Wildman–Crippen MR) is 71.4 cm³/mol. The fourth-order valence-electron chi connectivity index (χ4n) is 1.90. The maximum Gasteiger partial charge on any atom is 0.213 e. The molecule has 0 aromatic heterocycles. The molecule has 1 fully saturated rings. The van der Waals surface area contributed by atoms with Gasteiger partial charge in [0.1, 0.15) is 0 Å². The van der Waals surface area contributed by atoms with E-state index in [0.717, 1.165) is 6.54 Å². The molecule has 5 heteroatoms. The van der Waals surface area contributed by atoms with E-state index in [1.165, 1.54) is 10.7 Å². The van der Waals surface area contributed by atoms with E-state index in [1.807, 2.05) is 0 Å². The topological polar surface area (TPSA) is 49.4 Å². The minimum Gasteiger partial charge on any atom is -0.314 e. The first-order valence-electron chi connectivity index (χ1n) is 6.50. The summed E-state index contributed by atoms with van der Waals surface area (Å²) in [6, 6.07) is 0.419. The highest BCUT2D eigenvalue weighted by Crippen LogP contribution is 2.38. The molecule has 0 spiro atoms. The fourth-order valence-corrected chi connectivity index (χ4v) is 3.14. The van der Waals surface area contributed by atoms with Crippen LogP contribution >= 0.6 is 0 Å². The molecule has 1 aliphatic rings. The van der Waals surface area contributed by atoms with Gasteiger partial charge in [-0.15, -0.1) is 0 Å². The van der Waals surface area contributed by atoms with Crippen molar-refractivity contribution in [2.75, 3.05) is 25.9 Å². The summed E-state index contributed by atoms with van der Waals surface area (Å²) in [6.45, 7) is 7.77. The van der Waals surface area contributed by atoms with Crippen LogP contribution in [0.15, 0.2) is 0 Å². The normalized spacial score (nSPS) is 24.6. The largest absolute Gasteiger partial charge is 0.314 e. The summed E-state index contributed by atoms with van der Waals surface area (Å²) in [6.07, 6.45) is 1.86. The summed E-state index contributed by atoms with van der Waals surface area (Å²) in [5, 5.41) is 3.23. The molecule has 2 unspecified atom stereocenters. The Morgan fingerprint density at radius 3 is 2.47 bits per heavy atom. The first-order chi connectivity index (χ1) is 7.83. The molecule has 0 heterocycles. The van der Waals surface area contributed by atoms with Crippen LogP contribution in [0.25, 0.3) is 0 Å². The van der Waals surface area contributed by atoms with E-state index < -0.39 is 10.0 Å². The first-order valence-corrected chi connectivity index (χ1v) is 8.11. The molecule has 0 aromatic carbocycles. The predicted octanol–water partition coefficient (Wildman–Crippen LogP) is 1.29. The lowest BCUT2D eigenvalue weighted by molar-refractivity contribution is 0.442. The molecule has 1 N–H and O–H groups in total. The monoisotopic (exact) mass is 262 g/mol. The van der Waals surface area contributed by atoms with Crippen molar-refractivity contribution in [3.05, 3.63) is 0 Å². The maximum absolute atomic E-state index is 11.9. The fraction of sp³-hybridized carbons (Fsp3) is 1.00. The second-order valence-corrected chi connectivity index (χ2v) is 7.73. The lowest BCUT2D eigenvalue weighted by atomic mass is 10.3. The molecule has 1 aliphatic carbocycles. The highest BCUT2D eigenvalue weighted by atomic mass is 32.2. The second kappa shape index (κ2) is 6.16. The SMILES string of the molecule is CC(C)NCCCS(=O)(=O)N(C)CC1CC1C. The van der Waals surface area contributed by atoms with Crippen molar-refractivity contribution in [3.63, 3.8) is 0 Å².